The number of Topliss-reactive ketones (excluding diaryl/α,β-unsaturated/α-hetero) is 1. The molecule has 0 aliphatic heterocycles. The number of carbonyl (C=O) groups excluding carboxylic acids is 4. The Kier molecular flexibility index (Phi) is 23.5. The minimum absolute atomic E-state index is 0.0169. The summed E-state index contributed by atoms with van der Waals surface area (Å²) >= 11 is 0. The number of primary amides is 1. The zero-order valence-corrected chi connectivity index (χ0v) is 41.6. The molecule has 0 atom stereocenters. The van der Waals surface area contributed by atoms with Gasteiger partial charge < -0.3 is 60.6 Å². The van der Waals surface area contributed by atoms with Gasteiger partial charge in [0.15, 0.2) is 5.78 Å². The standard InChI is InChI=1S/C51H72N8O11/c1-35(52)46-43(33-51(5,6)34-45(46)61)57-39-14-15-40(47(53)62)42(32-39)54-18-7-21-65-23-25-67-27-29-69-30-28-68-26-24-66-22-8-19-55-48(63)37-10-12-38(13-11-37)58-59-41-16-9-36(31-44(41)60)17-20-56-49(64)70-50(2,3)4/h9-16,31-32,52,54,57,60H,7-8,17-30,33-34H2,1-6H3,(H2,53,62)(H,55,63)(H,56,64)/p+1. The monoisotopic (exact) mass is 974 g/mol. The normalized spacial score (nSPS) is 13.7. The lowest BCUT2D eigenvalue weighted by molar-refractivity contribution is -0.522. The summed E-state index contributed by atoms with van der Waals surface area (Å²) in [6.45, 7) is 16.9. The van der Waals surface area contributed by atoms with Crippen molar-refractivity contribution < 1.29 is 58.0 Å². The van der Waals surface area contributed by atoms with Crippen LogP contribution in [-0.4, -0.2) is 126 Å². The maximum Gasteiger partial charge on any atom is 0.407 e. The van der Waals surface area contributed by atoms with Crippen molar-refractivity contribution in [1.29, 1.82) is 5.41 Å². The molecule has 1 aliphatic carbocycles. The number of ketones is 1. The molecule has 3 aromatic carbocycles. The maximum atomic E-state index is 12.8. The number of phenols is 1. The summed E-state index contributed by atoms with van der Waals surface area (Å²) in [5.74, 6) is -0.815. The second kappa shape index (κ2) is 29.2. The molecule has 1 aliphatic rings. The van der Waals surface area contributed by atoms with Gasteiger partial charge in [-0.2, -0.15) is 5.11 Å². The molecule has 19 heteroatoms. The van der Waals surface area contributed by atoms with Crippen molar-refractivity contribution in [2.75, 3.05) is 91.0 Å². The molecule has 0 fully saturated rings. The van der Waals surface area contributed by atoms with Crippen LogP contribution in [0.25, 0.3) is 0 Å². The zero-order chi connectivity index (χ0) is 50.9. The number of rotatable bonds is 31. The summed E-state index contributed by atoms with van der Waals surface area (Å²) in [5.41, 5.74) is 10.3. The van der Waals surface area contributed by atoms with Crippen molar-refractivity contribution in [3.63, 3.8) is 0 Å². The van der Waals surface area contributed by atoms with Crippen molar-refractivity contribution in [3.05, 3.63) is 88.6 Å². The summed E-state index contributed by atoms with van der Waals surface area (Å²) in [7, 11) is 0. The molecule has 0 saturated heterocycles. The average Bonchev–Trinajstić information content (AvgIpc) is 3.28. The Labute approximate surface area is 411 Å². The molecule has 19 nitrogen and oxygen atoms in total. The summed E-state index contributed by atoms with van der Waals surface area (Å²) in [6.07, 6.45) is 2.41. The van der Waals surface area contributed by atoms with Gasteiger partial charge in [0.25, 0.3) is 11.8 Å². The van der Waals surface area contributed by atoms with Gasteiger partial charge in [-0.15, -0.1) is 5.11 Å². The highest BCUT2D eigenvalue weighted by Gasteiger charge is 2.36. The first kappa shape index (κ1) is 56.5. The van der Waals surface area contributed by atoms with E-state index in [2.05, 4.69) is 40.0 Å². The minimum Gasteiger partial charge on any atom is -0.506 e. The molecule has 0 bridgehead atoms. The molecule has 382 valence electrons. The highest BCUT2D eigenvalue weighted by atomic mass is 16.6. The van der Waals surface area contributed by atoms with E-state index in [1.54, 1.807) is 82.3 Å². The number of alkyl carbamates (subject to hydrolysis) is 1. The van der Waals surface area contributed by atoms with E-state index in [1.165, 1.54) is 0 Å². The number of allylic oxidation sites excluding steroid dienone is 2. The Morgan fingerprint density at radius 2 is 1.37 bits per heavy atom. The Morgan fingerprint density at radius 3 is 1.94 bits per heavy atom. The van der Waals surface area contributed by atoms with E-state index >= 15 is 0 Å². The lowest BCUT2D eigenvalue weighted by Crippen LogP contribution is -2.77. The number of nitrogens with two attached hydrogens (primary N) is 2. The fraction of sp³-hybridized carbons (Fsp3) is 0.510. The van der Waals surface area contributed by atoms with E-state index in [0.717, 1.165) is 16.9 Å². The number of phenolic OH excluding ortho intramolecular Hbond substituents is 1. The van der Waals surface area contributed by atoms with Crippen LogP contribution in [0.5, 0.6) is 5.75 Å². The molecule has 3 amide bonds. The van der Waals surface area contributed by atoms with Crippen molar-refractivity contribution >= 4 is 52.2 Å². The number of azo groups is 1. The summed E-state index contributed by atoms with van der Waals surface area (Å²) < 4.78 is 33.2. The number of ether oxygens (including phenoxy) is 6. The highest BCUT2D eigenvalue weighted by Crippen LogP contribution is 2.35. The van der Waals surface area contributed by atoms with Gasteiger partial charge in [-0.25, -0.2) is 4.79 Å². The lowest BCUT2D eigenvalue weighted by atomic mass is 9.75. The Bertz CT molecular complexity index is 2260. The number of nitrogens with one attached hydrogen (secondary N) is 4. The fourth-order valence-corrected chi connectivity index (χ4v) is 7.24. The van der Waals surface area contributed by atoms with Gasteiger partial charge in [0.05, 0.1) is 75.4 Å². The molecule has 0 heterocycles. The van der Waals surface area contributed by atoms with Crippen LogP contribution in [0.2, 0.25) is 0 Å². The van der Waals surface area contributed by atoms with Crippen LogP contribution >= 0.6 is 0 Å². The number of quaternary nitrogens is 1. The summed E-state index contributed by atoms with van der Waals surface area (Å²) in [5, 5.41) is 37.7. The van der Waals surface area contributed by atoms with Crippen LogP contribution in [0.1, 0.15) is 93.5 Å². The van der Waals surface area contributed by atoms with Gasteiger partial charge >= 0.3 is 6.09 Å². The molecule has 0 aromatic heterocycles. The Balaban J connectivity index is 0.951. The quantitative estimate of drug-likeness (QED) is 0.0156. The number of carbonyl (C=O) groups is 4. The molecule has 0 unspecified atom stereocenters. The Morgan fingerprint density at radius 1 is 0.771 bits per heavy atom. The first-order valence-corrected chi connectivity index (χ1v) is 23.7. The van der Waals surface area contributed by atoms with Crippen molar-refractivity contribution in [2.45, 2.75) is 79.2 Å². The third-order valence-electron chi connectivity index (χ3n) is 10.5. The second-order valence-electron chi connectivity index (χ2n) is 18.5. The van der Waals surface area contributed by atoms with Gasteiger partial charge in [-0.3, -0.25) is 19.7 Å². The van der Waals surface area contributed by atoms with Gasteiger partial charge in [0, 0.05) is 69.1 Å². The summed E-state index contributed by atoms with van der Waals surface area (Å²) in [6, 6.07) is 17.0. The van der Waals surface area contributed by atoms with Crippen LogP contribution in [0.4, 0.5) is 27.5 Å². The number of anilines is 1. The predicted octanol–water partition coefficient (Wildman–Crippen LogP) is 6.56. The molecule has 0 spiro atoms. The maximum absolute atomic E-state index is 12.8. The first-order valence-electron chi connectivity index (χ1n) is 23.7. The second-order valence-corrected chi connectivity index (χ2v) is 18.5. The number of hydrogen-bond donors (Lipinski definition) is 7. The smallest absolute Gasteiger partial charge is 0.407 e. The predicted molar refractivity (Wildman–Crippen MR) is 266 cm³/mol. The fourth-order valence-electron chi connectivity index (χ4n) is 7.24. The number of benzene rings is 3. The molecule has 70 heavy (non-hydrogen) atoms. The SMILES string of the molecule is CC(=N)C1=C([NH2+]c2ccc(C(N)=O)c(NCCCOCCOCCOCCOCCOCCCNC(=O)c3ccc(N=Nc4ccc(CCNC(=O)OC(C)(C)C)cc4O)cc3)c2)CC(C)(C)CC1=O. The van der Waals surface area contributed by atoms with Gasteiger partial charge in [-0.1, -0.05) is 19.9 Å². The molecule has 0 radical (unpaired) electrons. The van der Waals surface area contributed by atoms with Crippen LogP contribution in [-0.2, 0) is 39.6 Å². The third-order valence-corrected chi connectivity index (χ3v) is 10.5. The van der Waals surface area contributed by atoms with Crippen LogP contribution in [0, 0.1) is 10.8 Å². The third kappa shape index (κ3) is 21.3. The summed E-state index contributed by atoms with van der Waals surface area (Å²) in [4.78, 5) is 49.4. The molecule has 0 saturated carbocycles. The van der Waals surface area contributed by atoms with E-state index < -0.39 is 17.6 Å². The number of aromatic hydroxyl groups is 1. The first-order chi connectivity index (χ1) is 33.4. The van der Waals surface area contributed by atoms with E-state index in [4.69, 9.17) is 39.6 Å². The van der Waals surface area contributed by atoms with E-state index in [1.807, 2.05) is 11.4 Å². The molecule has 9 N–H and O–H groups in total. The van der Waals surface area contributed by atoms with Crippen molar-refractivity contribution in [2.24, 2.45) is 21.4 Å². The van der Waals surface area contributed by atoms with Gasteiger partial charge in [0.2, 0.25) is 0 Å². The van der Waals surface area contributed by atoms with E-state index in [9.17, 15) is 24.3 Å². The van der Waals surface area contributed by atoms with Crippen LogP contribution < -0.4 is 27.0 Å². The van der Waals surface area contributed by atoms with Crippen molar-refractivity contribution in [1.82, 2.24) is 10.6 Å². The molecule has 4 rings (SSSR count). The lowest BCUT2D eigenvalue weighted by Gasteiger charge is -2.30. The largest absolute Gasteiger partial charge is 0.506 e. The van der Waals surface area contributed by atoms with Gasteiger partial charge in [-0.05, 0) is 100 Å². The topological polar surface area (TPSA) is 271 Å². The molecular formula is C51H73N8O11+. The highest BCUT2D eigenvalue weighted by molar-refractivity contribution is 6.21. The van der Waals surface area contributed by atoms with Crippen LogP contribution in [0.3, 0.4) is 0 Å². The number of nitrogens with zero attached hydrogens (tertiary/aromatic N) is 2. The molecule has 3 aromatic rings. The van der Waals surface area contributed by atoms with Crippen molar-refractivity contribution in [3.8, 4) is 5.75 Å². The number of hydrogen-bond acceptors (Lipinski definition) is 15. The van der Waals surface area contributed by atoms with E-state index in [-0.39, 0.29) is 28.6 Å². The van der Waals surface area contributed by atoms with Crippen LogP contribution in [0.15, 0.2) is 82.2 Å². The zero-order valence-electron chi connectivity index (χ0n) is 41.6. The minimum atomic E-state index is -0.577. The Hall–Kier alpha value is -6.09. The van der Waals surface area contributed by atoms with E-state index in [0.29, 0.717) is 152 Å². The number of amides is 3. The average molecular weight is 974 g/mol. The molecular weight excluding hydrogens is 901 g/mol. The van der Waals surface area contributed by atoms with Gasteiger partial charge in [0.1, 0.15) is 28.4 Å².